The van der Waals surface area contributed by atoms with Gasteiger partial charge in [0.2, 0.25) is 0 Å². The monoisotopic (exact) mass is 406 g/mol. The fourth-order valence-corrected chi connectivity index (χ4v) is 5.31. The topological polar surface area (TPSA) is 71.1 Å². The molecule has 3 aromatic rings. The summed E-state index contributed by atoms with van der Waals surface area (Å²) in [5, 5.41) is 0. The minimum absolute atomic E-state index is 0.358. The average molecular weight is 406 g/mol. The van der Waals surface area contributed by atoms with Crippen LogP contribution in [-0.2, 0) is 9.47 Å². The molecule has 0 fully saturated rings. The van der Waals surface area contributed by atoms with E-state index in [1.807, 2.05) is 36.4 Å². The van der Waals surface area contributed by atoms with Gasteiger partial charge in [0.1, 0.15) is 13.2 Å². The van der Waals surface area contributed by atoms with Crippen molar-refractivity contribution < 1.29 is 28.5 Å². The summed E-state index contributed by atoms with van der Waals surface area (Å²) in [5.41, 5.74) is 2.70. The molecule has 0 bridgehead atoms. The number of rotatable bonds is 2. The van der Waals surface area contributed by atoms with E-state index in [0.29, 0.717) is 35.8 Å². The third-order valence-electron chi connectivity index (χ3n) is 5.30. The van der Waals surface area contributed by atoms with Gasteiger partial charge in [-0.05, 0) is 12.1 Å². The van der Waals surface area contributed by atoms with Crippen molar-refractivity contribution in [1.29, 1.82) is 0 Å². The molecular formula is C22H14O6S. The summed E-state index contributed by atoms with van der Waals surface area (Å²) in [4.78, 5) is 26.1. The number of carbonyl (C=O) groups is 2. The number of hydrogen-bond acceptors (Lipinski definition) is 7. The Hall–Kier alpha value is -3.32. The van der Waals surface area contributed by atoms with Crippen molar-refractivity contribution in [3.63, 3.8) is 0 Å². The van der Waals surface area contributed by atoms with Crippen LogP contribution in [-0.4, -0.2) is 25.2 Å². The average Bonchev–Trinajstić information content (AvgIpc) is 3.41. The molecule has 0 saturated heterocycles. The normalized spacial score (nSPS) is 21.4. The molecule has 0 saturated carbocycles. The SMILES string of the molecule is O=C1OC(c2sc(C3OC(=O)c4ccccc43)c3c2OCCO3)c2ccccc21. The minimum Gasteiger partial charge on any atom is -0.485 e. The van der Waals surface area contributed by atoms with Crippen molar-refractivity contribution in [2.75, 3.05) is 13.2 Å². The number of benzene rings is 2. The maximum atomic E-state index is 12.3. The van der Waals surface area contributed by atoms with Crippen molar-refractivity contribution in [1.82, 2.24) is 0 Å². The van der Waals surface area contributed by atoms with Crippen LogP contribution in [0.25, 0.3) is 0 Å². The van der Waals surface area contributed by atoms with E-state index in [1.54, 1.807) is 12.1 Å². The third kappa shape index (κ3) is 2.34. The summed E-state index contributed by atoms with van der Waals surface area (Å²) in [7, 11) is 0. The van der Waals surface area contributed by atoms with Gasteiger partial charge in [0.05, 0.1) is 20.9 Å². The molecule has 6 rings (SSSR count). The predicted octanol–water partition coefficient (Wildman–Crippen LogP) is 4.04. The molecule has 2 unspecified atom stereocenters. The number of esters is 2. The van der Waals surface area contributed by atoms with E-state index in [0.717, 1.165) is 20.9 Å². The van der Waals surface area contributed by atoms with E-state index in [4.69, 9.17) is 18.9 Å². The Labute approximate surface area is 169 Å². The number of fused-ring (bicyclic) bond motifs is 3. The summed E-state index contributed by atoms with van der Waals surface area (Å²) >= 11 is 1.40. The first-order valence-electron chi connectivity index (χ1n) is 9.24. The highest BCUT2D eigenvalue weighted by molar-refractivity contribution is 7.13. The van der Waals surface area contributed by atoms with Gasteiger partial charge < -0.3 is 18.9 Å². The number of hydrogen-bond donors (Lipinski definition) is 0. The number of cyclic esters (lactones) is 2. The summed E-state index contributed by atoms with van der Waals surface area (Å²) in [6.07, 6.45) is -1.14. The van der Waals surface area contributed by atoms with Crippen LogP contribution < -0.4 is 9.47 Å². The Morgan fingerprint density at radius 3 is 1.62 bits per heavy atom. The zero-order valence-electron chi connectivity index (χ0n) is 15.0. The van der Waals surface area contributed by atoms with Crippen molar-refractivity contribution in [3.05, 3.63) is 80.5 Å². The highest BCUT2D eigenvalue weighted by Gasteiger charge is 2.42. The van der Waals surface area contributed by atoms with Gasteiger partial charge in [-0.25, -0.2) is 9.59 Å². The maximum absolute atomic E-state index is 12.3. The van der Waals surface area contributed by atoms with Gasteiger partial charge in [-0.1, -0.05) is 36.4 Å². The van der Waals surface area contributed by atoms with E-state index in [1.165, 1.54) is 11.3 Å². The molecule has 0 N–H and O–H groups in total. The van der Waals surface area contributed by atoms with Crippen LogP contribution in [0.15, 0.2) is 48.5 Å². The number of thiophene rings is 1. The molecule has 0 radical (unpaired) electrons. The maximum Gasteiger partial charge on any atom is 0.339 e. The predicted molar refractivity (Wildman–Crippen MR) is 103 cm³/mol. The van der Waals surface area contributed by atoms with Crippen LogP contribution in [0.1, 0.15) is 53.8 Å². The lowest BCUT2D eigenvalue weighted by molar-refractivity contribution is 0.0440. The second kappa shape index (κ2) is 6.09. The highest BCUT2D eigenvalue weighted by Crippen LogP contribution is 2.55. The van der Waals surface area contributed by atoms with Crippen LogP contribution in [0.2, 0.25) is 0 Å². The molecule has 2 atom stereocenters. The standard InChI is InChI=1S/C22H14O6S/c23-21-13-7-3-1-5-11(13)15(27-21)19-17-18(26-10-9-25-17)20(29-19)16-12-6-2-4-8-14(12)22(24)28-16/h1-8,15-16H,9-10H2. The molecule has 6 nitrogen and oxygen atoms in total. The van der Waals surface area contributed by atoms with Gasteiger partial charge >= 0.3 is 11.9 Å². The van der Waals surface area contributed by atoms with Gasteiger partial charge in [-0.15, -0.1) is 11.3 Å². The molecule has 144 valence electrons. The lowest BCUT2D eigenvalue weighted by Crippen LogP contribution is -2.16. The second-order valence-corrected chi connectivity index (χ2v) is 8.01. The fraction of sp³-hybridized carbons (Fsp3) is 0.182. The second-order valence-electron chi connectivity index (χ2n) is 6.93. The Morgan fingerprint density at radius 2 is 1.14 bits per heavy atom. The van der Waals surface area contributed by atoms with E-state index in [-0.39, 0.29) is 11.9 Å². The summed E-state index contributed by atoms with van der Waals surface area (Å²) in [6, 6.07) is 14.6. The molecule has 2 aromatic carbocycles. The molecule has 0 aliphatic carbocycles. The molecule has 4 heterocycles. The van der Waals surface area contributed by atoms with Gasteiger partial charge in [-0.3, -0.25) is 0 Å². The van der Waals surface area contributed by atoms with Crippen LogP contribution in [0, 0.1) is 0 Å². The Bertz CT molecular complexity index is 1090. The Balaban J connectivity index is 1.51. The highest BCUT2D eigenvalue weighted by atomic mass is 32.1. The fourth-order valence-electron chi connectivity index (χ4n) is 4.02. The lowest BCUT2D eigenvalue weighted by atomic mass is 10.0. The van der Waals surface area contributed by atoms with E-state index in [2.05, 4.69) is 0 Å². The van der Waals surface area contributed by atoms with Gasteiger partial charge in [0.15, 0.2) is 23.7 Å². The van der Waals surface area contributed by atoms with Crippen molar-refractivity contribution >= 4 is 23.3 Å². The zero-order valence-corrected chi connectivity index (χ0v) is 15.9. The quantitative estimate of drug-likeness (QED) is 0.598. The van der Waals surface area contributed by atoms with Crippen molar-refractivity contribution in [2.24, 2.45) is 0 Å². The number of ether oxygens (including phenoxy) is 4. The molecule has 7 heteroatoms. The Kier molecular flexibility index (Phi) is 3.49. The summed E-state index contributed by atoms with van der Waals surface area (Å²) in [5.74, 6) is 0.407. The molecular weight excluding hydrogens is 392 g/mol. The van der Waals surface area contributed by atoms with Crippen LogP contribution in [0.4, 0.5) is 0 Å². The van der Waals surface area contributed by atoms with Gasteiger partial charge in [0.25, 0.3) is 0 Å². The van der Waals surface area contributed by atoms with Crippen molar-refractivity contribution in [2.45, 2.75) is 12.2 Å². The molecule has 0 spiro atoms. The van der Waals surface area contributed by atoms with Crippen LogP contribution >= 0.6 is 11.3 Å². The van der Waals surface area contributed by atoms with Crippen molar-refractivity contribution in [3.8, 4) is 11.5 Å². The van der Waals surface area contributed by atoms with Gasteiger partial charge in [-0.2, -0.15) is 0 Å². The molecule has 3 aliphatic rings. The zero-order chi connectivity index (χ0) is 19.5. The minimum atomic E-state index is -0.569. The van der Waals surface area contributed by atoms with E-state index in [9.17, 15) is 9.59 Å². The molecule has 1 aromatic heterocycles. The van der Waals surface area contributed by atoms with E-state index < -0.39 is 12.2 Å². The summed E-state index contributed by atoms with van der Waals surface area (Å²) in [6.45, 7) is 0.805. The molecule has 0 amide bonds. The lowest BCUT2D eigenvalue weighted by Gasteiger charge is -2.19. The van der Waals surface area contributed by atoms with Crippen LogP contribution in [0.5, 0.6) is 11.5 Å². The number of carbonyl (C=O) groups excluding carboxylic acids is 2. The molecule has 3 aliphatic heterocycles. The summed E-state index contributed by atoms with van der Waals surface area (Å²) < 4.78 is 23.2. The smallest absolute Gasteiger partial charge is 0.339 e. The third-order valence-corrected chi connectivity index (χ3v) is 6.54. The van der Waals surface area contributed by atoms with Gasteiger partial charge in [0, 0.05) is 11.1 Å². The first kappa shape index (κ1) is 16.6. The Morgan fingerprint density at radius 1 is 0.690 bits per heavy atom. The first-order chi connectivity index (χ1) is 14.2. The largest absolute Gasteiger partial charge is 0.485 e. The first-order valence-corrected chi connectivity index (χ1v) is 10.1. The van der Waals surface area contributed by atoms with E-state index >= 15 is 0 Å². The van der Waals surface area contributed by atoms with Crippen LogP contribution in [0.3, 0.4) is 0 Å². The molecule has 29 heavy (non-hydrogen) atoms.